The lowest BCUT2D eigenvalue weighted by molar-refractivity contribution is -0.115. The van der Waals surface area contributed by atoms with Crippen molar-refractivity contribution < 1.29 is 22.8 Å². The first-order valence-corrected chi connectivity index (χ1v) is 14.0. The summed E-state index contributed by atoms with van der Waals surface area (Å²) in [5.41, 5.74) is 2.17. The zero-order chi connectivity index (χ0) is 26.2. The van der Waals surface area contributed by atoms with Gasteiger partial charge in [-0.1, -0.05) is 52.6 Å². The van der Waals surface area contributed by atoms with Crippen LogP contribution in [0.15, 0.2) is 40.9 Å². The van der Waals surface area contributed by atoms with Crippen molar-refractivity contribution in [3.8, 4) is 0 Å². The van der Waals surface area contributed by atoms with E-state index >= 15 is 0 Å². The molecule has 2 atom stereocenters. The Morgan fingerprint density at radius 2 is 1.84 bits per heavy atom. The molecule has 1 aromatic heterocycles. The summed E-state index contributed by atoms with van der Waals surface area (Å²) in [6, 6.07) is 10.3. The Morgan fingerprint density at radius 3 is 2.43 bits per heavy atom. The summed E-state index contributed by atoms with van der Waals surface area (Å²) in [6.07, 6.45) is 3.44. The van der Waals surface area contributed by atoms with Gasteiger partial charge in [0.2, 0.25) is 11.8 Å². The second-order valence-electron chi connectivity index (χ2n) is 9.61. The smallest absolute Gasteiger partial charge is 0.229 e. The zero-order valence-electron chi connectivity index (χ0n) is 20.2. The molecule has 2 aromatic carbocycles. The van der Waals surface area contributed by atoms with Crippen molar-refractivity contribution in [2.75, 3.05) is 18.5 Å². The molecule has 3 aromatic rings. The summed E-state index contributed by atoms with van der Waals surface area (Å²) in [6.45, 7) is 2.98. The molecule has 1 aliphatic carbocycles. The summed E-state index contributed by atoms with van der Waals surface area (Å²) in [5.74, 6) is 1.18. The first-order valence-electron chi connectivity index (χ1n) is 12.1. The third-order valence-corrected chi connectivity index (χ3v) is 8.54. The second kappa shape index (κ2) is 10.8. The van der Waals surface area contributed by atoms with E-state index in [4.69, 9.17) is 37.4 Å². The second-order valence-corrected chi connectivity index (χ2v) is 11.7. The Morgan fingerprint density at radius 1 is 1.19 bits per heavy atom. The highest BCUT2D eigenvalue weighted by Crippen LogP contribution is 2.57. The molecular formula is C26H26Cl2N3O5S-. The van der Waals surface area contributed by atoms with Gasteiger partial charge in [0.1, 0.15) is 0 Å². The number of halogens is 2. The van der Waals surface area contributed by atoms with E-state index in [1.54, 1.807) is 43.3 Å². The van der Waals surface area contributed by atoms with Crippen LogP contribution in [0.1, 0.15) is 72.2 Å². The number of nitrogens with one attached hydrogen (secondary N) is 1. The number of nitrogens with zero attached hydrogens (tertiary/aromatic N) is 2. The van der Waals surface area contributed by atoms with Crippen LogP contribution in [0, 0.1) is 0 Å². The van der Waals surface area contributed by atoms with Crippen molar-refractivity contribution in [3.05, 3.63) is 74.8 Å². The Hall–Kier alpha value is -2.30. The van der Waals surface area contributed by atoms with Gasteiger partial charge in [-0.15, -0.1) is 0 Å². The summed E-state index contributed by atoms with van der Waals surface area (Å²) >= 11 is 11.2. The Balaban J connectivity index is 1.28. The summed E-state index contributed by atoms with van der Waals surface area (Å²) < 4.78 is 33.3. The molecular weight excluding hydrogens is 537 g/mol. The fourth-order valence-corrected chi connectivity index (χ4v) is 5.99. The van der Waals surface area contributed by atoms with Crippen LogP contribution in [0.5, 0.6) is 0 Å². The van der Waals surface area contributed by atoms with E-state index in [1.165, 1.54) is 0 Å². The van der Waals surface area contributed by atoms with Crippen molar-refractivity contribution in [2.45, 2.75) is 55.6 Å². The average Bonchev–Trinajstić information content (AvgIpc) is 3.50. The van der Waals surface area contributed by atoms with E-state index < -0.39 is 21.7 Å². The van der Waals surface area contributed by atoms with E-state index in [-0.39, 0.29) is 18.2 Å². The van der Waals surface area contributed by atoms with E-state index in [0.29, 0.717) is 46.2 Å². The molecule has 1 saturated carbocycles. The average molecular weight is 563 g/mol. The molecule has 196 valence electrons. The number of carbonyl (C=O) groups is 1. The largest absolute Gasteiger partial charge is 0.772 e. The molecule has 2 unspecified atom stereocenters. The van der Waals surface area contributed by atoms with Crippen LogP contribution in [0.4, 0.5) is 5.69 Å². The zero-order valence-corrected chi connectivity index (χ0v) is 22.5. The van der Waals surface area contributed by atoms with E-state index in [2.05, 4.69) is 10.5 Å². The maximum atomic E-state index is 12.7. The predicted molar refractivity (Wildman–Crippen MR) is 140 cm³/mol. The van der Waals surface area contributed by atoms with Crippen molar-refractivity contribution >= 4 is 45.9 Å². The lowest BCUT2D eigenvalue weighted by atomic mass is 9.94. The molecule has 0 radical (unpaired) electrons. The molecule has 11 heteroatoms. The molecule has 8 nitrogen and oxygen atoms in total. The highest BCUT2D eigenvalue weighted by Gasteiger charge is 2.52. The topological polar surface area (TPSA) is 117 Å². The number of aromatic nitrogens is 2. The minimum absolute atomic E-state index is 0.119. The van der Waals surface area contributed by atoms with Crippen LogP contribution in [0.25, 0.3) is 0 Å². The summed E-state index contributed by atoms with van der Waals surface area (Å²) in [5, 5.41) is 7.38. The highest BCUT2D eigenvalue weighted by atomic mass is 35.5. The SMILES string of the molecule is CC(c1ccc(CC(=O)Nc2cc(Cl)c(C3(c4noc(C5CCOCC5)n4)CC3)c(Cl)c2)cc1)S(=O)[O-]. The van der Waals surface area contributed by atoms with Crippen LogP contribution in [-0.4, -0.2) is 38.0 Å². The third kappa shape index (κ3) is 5.61. The third-order valence-electron chi connectivity index (χ3n) is 7.10. The van der Waals surface area contributed by atoms with Gasteiger partial charge in [-0.05, 0) is 66.9 Å². The number of rotatable bonds is 8. The molecule has 37 heavy (non-hydrogen) atoms. The molecule has 1 amide bonds. The predicted octanol–water partition coefficient (Wildman–Crippen LogP) is 5.47. The van der Waals surface area contributed by atoms with Gasteiger partial charge in [0.05, 0.1) is 11.8 Å². The quantitative estimate of drug-likeness (QED) is 0.361. The van der Waals surface area contributed by atoms with Gasteiger partial charge in [0.15, 0.2) is 5.82 Å². The van der Waals surface area contributed by atoms with Crippen LogP contribution in [0.3, 0.4) is 0 Å². The first kappa shape index (κ1) is 26.3. The molecule has 2 heterocycles. The summed E-state index contributed by atoms with van der Waals surface area (Å²) in [7, 11) is 0. The van der Waals surface area contributed by atoms with E-state index in [1.807, 2.05) is 0 Å². The van der Waals surface area contributed by atoms with Crippen LogP contribution in [0.2, 0.25) is 10.0 Å². The number of anilines is 1. The fourth-order valence-electron chi connectivity index (χ4n) is 4.76. The Bertz CT molecular complexity index is 1300. The van der Waals surface area contributed by atoms with Crippen LogP contribution in [-0.2, 0) is 32.4 Å². The number of benzene rings is 2. The van der Waals surface area contributed by atoms with Gasteiger partial charge in [-0.25, -0.2) is 0 Å². The van der Waals surface area contributed by atoms with Crippen molar-refractivity contribution in [1.29, 1.82) is 0 Å². The number of carbonyl (C=O) groups excluding carboxylic acids is 1. The van der Waals surface area contributed by atoms with Gasteiger partial charge in [-0.2, -0.15) is 4.98 Å². The van der Waals surface area contributed by atoms with Gasteiger partial charge in [-0.3, -0.25) is 9.00 Å². The first-order chi connectivity index (χ1) is 17.8. The maximum Gasteiger partial charge on any atom is 0.229 e. The Labute approximate surface area is 227 Å². The number of hydrogen-bond acceptors (Lipinski definition) is 7. The van der Waals surface area contributed by atoms with E-state index in [0.717, 1.165) is 36.8 Å². The van der Waals surface area contributed by atoms with E-state index in [9.17, 15) is 13.6 Å². The van der Waals surface area contributed by atoms with Crippen molar-refractivity contribution in [3.63, 3.8) is 0 Å². The lowest BCUT2D eigenvalue weighted by Crippen LogP contribution is -2.17. The molecule has 1 aliphatic heterocycles. The highest BCUT2D eigenvalue weighted by molar-refractivity contribution is 7.79. The van der Waals surface area contributed by atoms with Crippen molar-refractivity contribution in [1.82, 2.24) is 10.1 Å². The van der Waals surface area contributed by atoms with Crippen molar-refractivity contribution in [2.24, 2.45) is 0 Å². The molecule has 0 bridgehead atoms. The van der Waals surface area contributed by atoms with Gasteiger partial charge in [0, 0.05) is 45.7 Å². The summed E-state index contributed by atoms with van der Waals surface area (Å²) in [4.78, 5) is 17.4. The van der Waals surface area contributed by atoms with Crippen LogP contribution < -0.4 is 5.32 Å². The number of hydrogen-bond donors (Lipinski definition) is 1. The standard InChI is InChI=1S/C26H27Cl2N3O5S/c1-15(37(33)34)17-4-2-16(3-5-17)12-22(32)29-19-13-20(27)23(21(28)14-19)26(8-9-26)25-30-24(36-31-25)18-6-10-35-11-7-18/h2-5,13-15,18H,6-12H2,1H3,(H,29,32)(H,33,34)/p-1. The molecule has 2 fully saturated rings. The molecule has 1 N–H and O–H groups in total. The maximum absolute atomic E-state index is 12.7. The van der Waals surface area contributed by atoms with Gasteiger partial charge >= 0.3 is 0 Å². The molecule has 2 aliphatic rings. The minimum atomic E-state index is -2.20. The number of amides is 1. The van der Waals surface area contributed by atoms with Gasteiger partial charge < -0.3 is 19.1 Å². The van der Waals surface area contributed by atoms with Gasteiger partial charge in [0.25, 0.3) is 0 Å². The molecule has 1 saturated heterocycles. The minimum Gasteiger partial charge on any atom is -0.772 e. The normalized spacial score (nSPS) is 18.8. The fraction of sp³-hybridized carbons (Fsp3) is 0.423. The Kier molecular flexibility index (Phi) is 7.70. The number of ether oxygens (including phenoxy) is 1. The monoisotopic (exact) mass is 562 g/mol. The lowest BCUT2D eigenvalue weighted by Gasteiger charge is -2.18. The van der Waals surface area contributed by atoms with Crippen LogP contribution >= 0.6 is 23.2 Å². The molecule has 5 rings (SSSR count). The molecule has 0 spiro atoms.